The molecular formula is C22H30IN5O3. The van der Waals surface area contributed by atoms with Gasteiger partial charge in [0.15, 0.2) is 5.96 Å². The van der Waals surface area contributed by atoms with Crippen molar-refractivity contribution in [2.45, 2.75) is 26.6 Å². The minimum Gasteiger partial charge on any atom is -0.379 e. The van der Waals surface area contributed by atoms with Gasteiger partial charge in [-0.25, -0.2) is 4.99 Å². The van der Waals surface area contributed by atoms with E-state index < -0.39 is 0 Å². The molecule has 0 aliphatic carbocycles. The molecule has 2 aromatic rings. The largest absolute Gasteiger partial charge is 0.379 e. The summed E-state index contributed by atoms with van der Waals surface area (Å²) in [5, 5.41) is 17.6. The van der Waals surface area contributed by atoms with Crippen LogP contribution in [0, 0.1) is 10.1 Å². The molecule has 0 unspecified atom stereocenters. The monoisotopic (exact) mass is 539 g/mol. The van der Waals surface area contributed by atoms with E-state index >= 15 is 0 Å². The highest BCUT2D eigenvalue weighted by molar-refractivity contribution is 14.0. The predicted molar refractivity (Wildman–Crippen MR) is 133 cm³/mol. The van der Waals surface area contributed by atoms with Crippen molar-refractivity contribution in [2.24, 2.45) is 4.99 Å². The zero-order valence-electron chi connectivity index (χ0n) is 17.8. The van der Waals surface area contributed by atoms with Crippen LogP contribution in [0.4, 0.5) is 5.69 Å². The first-order valence-corrected chi connectivity index (χ1v) is 10.3. The maximum absolute atomic E-state index is 11.2. The molecule has 0 aromatic heterocycles. The van der Waals surface area contributed by atoms with Crippen LogP contribution >= 0.6 is 24.0 Å². The van der Waals surface area contributed by atoms with Gasteiger partial charge in [0.1, 0.15) is 0 Å². The lowest BCUT2D eigenvalue weighted by Crippen LogP contribution is -2.37. The summed E-state index contributed by atoms with van der Waals surface area (Å²) in [5.74, 6) is 0.636. The number of morpholine rings is 1. The quantitative estimate of drug-likeness (QED) is 0.176. The van der Waals surface area contributed by atoms with E-state index in [1.807, 2.05) is 13.0 Å². The molecule has 3 rings (SSSR count). The first-order valence-electron chi connectivity index (χ1n) is 10.3. The molecule has 1 saturated heterocycles. The molecule has 1 fully saturated rings. The maximum Gasteiger partial charge on any atom is 0.274 e. The summed E-state index contributed by atoms with van der Waals surface area (Å²) in [6, 6.07) is 15.1. The van der Waals surface area contributed by atoms with E-state index in [4.69, 9.17) is 9.73 Å². The van der Waals surface area contributed by atoms with E-state index in [2.05, 4.69) is 33.7 Å². The molecule has 31 heavy (non-hydrogen) atoms. The topological polar surface area (TPSA) is 92.0 Å². The molecule has 1 heterocycles. The van der Waals surface area contributed by atoms with Gasteiger partial charge in [0.05, 0.1) is 24.7 Å². The van der Waals surface area contributed by atoms with Crippen LogP contribution < -0.4 is 10.6 Å². The third kappa shape index (κ3) is 7.75. The first-order chi connectivity index (χ1) is 14.7. The fourth-order valence-electron chi connectivity index (χ4n) is 3.39. The van der Waals surface area contributed by atoms with Crippen LogP contribution in [0.1, 0.15) is 23.6 Å². The number of halogens is 1. The number of hydrogen-bond acceptors (Lipinski definition) is 5. The lowest BCUT2D eigenvalue weighted by Gasteiger charge is -2.27. The second-order valence-corrected chi connectivity index (χ2v) is 7.09. The van der Waals surface area contributed by atoms with Crippen molar-refractivity contribution in [1.29, 1.82) is 0 Å². The molecule has 0 amide bonds. The van der Waals surface area contributed by atoms with Gasteiger partial charge in [0.25, 0.3) is 5.69 Å². The minimum absolute atomic E-state index is 0. The highest BCUT2D eigenvalue weighted by Gasteiger charge is 2.14. The van der Waals surface area contributed by atoms with Gasteiger partial charge in [-0.15, -0.1) is 24.0 Å². The van der Waals surface area contributed by atoms with Gasteiger partial charge in [-0.05, 0) is 18.1 Å². The molecule has 2 aromatic carbocycles. The normalized spacial score (nSPS) is 14.5. The summed E-state index contributed by atoms with van der Waals surface area (Å²) < 4.78 is 5.44. The van der Waals surface area contributed by atoms with E-state index in [-0.39, 0.29) is 34.6 Å². The number of nitro benzene ring substituents is 1. The Hall–Kier alpha value is -2.24. The lowest BCUT2D eigenvalue weighted by molar-refractivity contribution is -0.385. The maximum atomic E-state index is 11.2. The number of ether oxygens (including phenoxy) is 1. The Labute approximate surface area is 200 Å². The van der Waals surface area contributed by atoms with Crippen molar-refractivity contribution >= 4 is 35.6 Å². The Morgan fingerprint density at radius 2 is 1.71 bits per heavy atom. The minimum atomic E-state index is -0.358. The summed E-state index contributed by atoms with van der Waals surface area (Å²) >= 11 is 0. The van der Waals surface area contributed by atoms with E-state index in [1.54, 1.807) is 18.2 Å². The van der Waals surface area contributed by atoms with Crippen LogP contribution in [0.3, 0.4) is 0 Å². The van der Waals surface area contributed by atoms with Crippen LogP contribution in [0.15, 0.2) is 53.5 Å². The molecule has 1 aliphatic heterocycles. The molecule has 9 heteroatoms. The number of guanidine groups is 1. The molecular weight excluding hydrogens is 509 g/mol. The number of nitro groups is 1. The van der Waals surface area contributed by atoms with Gasteiger partial charge in [-0.3, -0.25) is 15.0 Å². The summed E-state index contributed by atoms with van der Waals surface area (Å²) in [6.45, 7) is 7.89. The zero-order chi connectivity index (χ0) is 21.2. The number of benzene rings is 2. The average molecular weight is 539 g/mol. The van der Waals surface area contributed by atoms with Crippen molar-refractivity contribution in [3.63, 3.8) is 0 Å². The molecule has 0 atom stereocenters. The number of nitrogens with zero attached hydrogens (tertiary/aromatic N) is 3. The van der Waals surface area contributed by atoms with Gasteiger partial charge in [-0.1, -0.05) is 42.5 Å². The fourth-order valence-corrected chi connectivity index (χ4v) is 3.39. The van der Waals surface area contributed by atoms with Crippen molar-refractivity contribution in [1.82, 2.24) is 15.5 Å². The predicted octanol–water partition coefficient (Wildman–Crippen LogP) is 3.30. The van der Waals surface area contributed by atoms with Gasteiger partial charge in [0.2, 0.25) is 0 Å². The molecule has 0 spiro atoms. The smallest absolute Gasteiger partial charge is 0.274 e. The SMILES string of the molecule is CCNC(=NCc1ccccc1CN1CCOCC1)NCc1ccccc1[N+](=O)[O-].I. The second kappa shape index (κ2) is 13.2. The lowest BCUT2D eigenvalue weighted by atomic mass is 10.1. The number of aliphatic imine (C=N–C) groups is 1. The first kappa shape index (κ1) is 25.0. The molecule has 0 saturated carbocycles. The van der Waals surface area contributed by atoms with Crippen LogP contribution in [0.25, 0.3) is 0 Å². The van der Waals surface area contributed by atoms with Gasteiger partial charge >= 0.3 is 0 Å². The number of hydrogen-bond donors (Lipinski definition) is 2. The summed E-state index contributed by atoms with van der Waals surface area (Å²) in [6.07, 6.45) is 0. The van der Waals surface area contributed by atoms with Gasteiger partial charge in [-0.2, -0.15) is 0 Å². The van der Waals surface area contributed by atoms with Crippen molar-refractivity contribution in [2.75, 3.05) is 32.8 Å². The zero-order valence-corrected chi connectivity index (χ0v) is 20.1. The molecule has 8 nitrogen and oxygen atoms in total. The molecule has 1 aliphatic rings. The summed E-state index contributed by atoms with van der Waals surface area (Å²) in [7, 11) is 0. The fraction of sp³-hybridized carbons (Fsp3) is 0.409. The van der Waals surface area contributed by atoms with Crippen LogP contribution in [-0.4, -0.2) is 48.6 Å². The Kier molecular flexibility index (Phi) is 10.7. The summed E-state index contributed by atoms with van der Waals surface area (Å²) in [4.78, 5) is 18.0. The number of rotatable bonds is 8. The van der Waals surface area contributed by atoms with Gasteiger partial charge in [0, 0.05) is 44.4 Å². The molecule has 0 radical (unpaired) electrons. The second-order valence-electron chi connectivity index (χ2n) is 7.09. The van der Waals surface area contributed by atoms with E-state index in [9.17, 15) is 10.1 Å². The molecule has 168 valence electrons. The van der Waals surface area contributed by atoms with E-state index in [1.165, 1.54) is 17.2 Å². The van der Waals surface area contributed by atoms with E-state index in [0.29, 0.717) is 31.2 Å². The van der Waals surface area contributed by atoms with Gasteiger partial charge < -0.3 is 15.4 Å². The van der Waals surface area contributed by atoms with Crippen molar-refractivity contribution in [3.05, 3.63) is 75.3 Å². The average Bonchev–Trinajstić information content (AvgIpc) is 2.77. The van der Waals surface area contributed by atoms with Crippen LogP contribution in [0.2, 0.25) is 0 Å². The van der Waals surface area contributed by atoms with Crippen molar-refractivity contribution < 1.29 is 9.66 Å². The number of para-hydroxylation sites is 1. The standard InChI is InChI=1S/C22H29N5O3.HI/c1-2-23-22(25-16-19-8-5-6-10-21(19)27(28)29)24-15-18-7-3-4-9-20(18)17-26-11-13-30-14-12-26;/h3-10H,2,11-17H2,1H3,(H2,23,24,25);1H. The number of nitrogens with one attached hydrogen (secondary N) is 2. The third-order valence-corrected chi connectivity index (χ3v) is 5.00. The Bertz CT molecular complexity index is 872. The Morgan fingerprint density at radius 3 is 2.39 bits per heavy atom. The Morgan fingerprint density at radius 1 is 1.06 bits per heavy atom. The molecule has 0 bridgehead atoms. The van der Waals surface area contributed by atoms with E-state index in [0.717, 1.165) is 32.8 Å². The highest BCUT2D eigenvalue weighted by Crippen LogP contribution is 2.17. The van der Waals surface area contributed by atoms with Crippen molar-refractivity contribution in [3.8, 4) is 0 Å². The Balaban J connectivity index is 0.00000341. The van der Waals surface area contributed by atoms with Crippen LogP contribution in [0.5, 0.6) is 0 Å². The summed E-state index contributed by atoms with van der Waals surface area (Å²) in [5.41, 5.74) is 3.17. The molecule has 2 N–H and O–H groups in total. The third-order valence-electron chi connectivity index (χ3n) is 5.00. The van der Waals surface area contributed by atoms with Crippen LogP contribution in [-0.2, 0) is 24.4 Å². The highest BCUT2D eigenvalue weighted by atomic mass is 127.